The number of hydrogen-bond acceptors (Lipinski definition) is 5. The van der Waals surface area contributed by atoms with Crippen molar-refractivity contribution in [2.75, 3.05) is 5.32 Å². The molecule has 0 spiro atoms. The summed E-state index contributed by atoms with van der Waals surface area (Å²) < 4.78 is 1.49. The summed E-state index contributed by atoms with van der Waals surface area (Å²) in [6.07, 6.45) is 6.12. The SMILES string of the molecule is Cc1cc(NC(=O)C(=O)NC2CCCCCC2)n(C2NC(=O)CC(C)N2)n1. The lowest BCUT2D eigenvalue weighted by Crippen LogP contribution is -2.52. The molecule has 1 saturated heterocycles. The van der Waals surface area contributed by atoms with Gasteiger partial charge < -0.3 is 16.0 Å². The van der Waals surface area contributed by atoms with Gasteiger partial charge in [0.2, 0.25) is 5.91 Å². The van der Waals surface area contributed by atoms with E-state index in [0.717, 1.165) is 25.7 Å². The van der Waals surface area contributed by atoms with E-state index in [2.05, 4.69) is 26.4 Å². The van der Waals surface area contributed by atoms with Gasteiger partial charge in [0, 0.05) is 24.6 Å². The number of hydrogen-bond donors (Lipinski definition) is 4. The largest absolute Gasteiger partial charge is 0.345 e. The molecule has 1 aliphatic carbocycles. The maximum absolute atomic E-state index is 12.4. The zero-order chi connectivity index (χ0) is 19.4. The molecule has 1 saturated carbocycles. The summed E-state index contributed by atoms with van der Waals surface area (Å²) in [7, 11) is 0. The number of amides is 3. The first-order valence-corrected chi connectivity index (χ1v) is 9.66. The van der Waals surface area contributed by atoms with E-state index in [4.69, 9.17) is 0 Å². The van der Waals surface area contributed by atoms with Crippen molar-refractivity contribution in [2.24, 2.45) is 0 Å². The fraction of sp³-hybridized carbons (Fsp3) is 0.667. The lowest BCUT2D eigenvalue weighted by Gasteiger charge is -2.30. The van der Waals surface area contributed by atoms with Crippen LogP contribution < -0.4 is 21.3 Å². The number of aryl methyl sites for hydroxylation is 1. The molecule has 0 aromatic carbocycles. The third-order valence-corrected chi connectivity index (χ3v) is 4.97. The molecule has 148 valence electrons. The van der Waals surface area contributed by atoms with Crippen LogP contribution in [-0.4, -0.2) is 39.6 Å². The second-order valence-corrected chi connectivity index (χ2v) is 7.47. The van der Waals surface area contributed by atoms with Crippen LogP contribution in [0.1, 0.15) is 63.9 Å². The average molecular weight is 376 g/mol. The Morgan fingerprint density at radius 3 is 2.56 bits per heavy atom. The highest BCUT2D eigenvalue weighted by atomic mass is 16.2. The van der Waals surface area contributed by atoms with Gasteiger partial charge >= 0.3 is 11.8 Å². The number of rotatable bonds is 3. The van der Waals surface area contributed by atoms with E-state index in [-0.39, 0.29) is 18.0 Å². The fourth-order valence-electron chi connectivity index (χ4n) is 3.65. The first-order valence-electron chi connectivity index (χ1n) is 9.66. The van der Waals surface area contributed by atoms with Crippen molar-refractivity contribution in [3.63, 3.8) is 0 Å². The molecule has 2 unspecified atom stereocenters. The molecule has 2 fully saturated rings. The number of aromatic nitrogens is 2. The molecular formula is C18H28N6O3. The summed E-state index contributed by atoms with van der Waals surface area (Å²) in [6.45, 7) is 3.69. The van der Waals surface area contributed by atoms with Gasteiger partial charge in [0.05, 0.1) is 5.69 Å². The van der Waals surface area contributed by atoms with Crippen LogP contribution in [0.3, 0.4) is 0 Å². The number of carbonyl (C=O) groups excluding carboxylic acids is 3. The van der Waals surface area contributed by atoms with Crippen molar-refractivity contribution >= 4 is 23.5 Å². The van der Waals surface area contributed by atoms with Gasteiger partial charge in [-0.25, -0.2) is 4.68 Å². The zero-order valence-electron chi connectivity index (χ0n) is 15.9. The van der Waals surface area contributed by atoms with Crippen LogP contribution in [0.15, 0.2) is 6.07 Å². The van der Waals surface area contributed by atoms with Gasteiger partial charge in [-0.2, -0.15) is 5.10 Å². The molecule has 1 aliphatic heterocycles. The Kier molecular flexibility index (Phi) is 6.10. The number of nitrogens with one attached hydrogen (secondary N) is 4. The van der Waals surface area contributed by atoms with Crippen LogP contribution in [-0.2, 0) is 14.4 Å². The van der Waals surface area contributed by atoms with Gasteiger partial charge in [0.1, 0.15) is 5.82 Å². The predicted molar refractivity (Wildman–Crippen MR) is 99.6 cm³/mol. The van der Waals surface area contributed by atoms with Crippen molar-refractivity contribution in [1.82, 2.24) is 25.7 Å². The van der Waals surface area contributed by atoms with Crippen LogP contribution in [0.5, 0.6) is 0 Å². The molecule has 1 aromatic heterocycles. The molecule has 2 heterocycles. The minimum absolute atomic E-state index is 0.0182. The number of nitrogens with zero attached hydrogens (tertiary/aromatic N) is 2. The minimum atomic E-state index is -0.726. The smallest absolute Gasteiger partial charge is 0.314 e. The van der Waals surface area contributed by atoms with Crippen molar-refractivity contribution in [3.05, 3.63) is 11.8 Å². The Labute approximate surface area is 158 Å². The van der Waals surface area contributed by atoms with Crippen LogP contribution >= 0.6 is 0 Å². The molecule has 3 rings (SSSR count). The first kappa shape index (κ1) is 19.3. The van der Waals surface area contributed by atoms with Crippen molar-refractivity contribution in [2.45, 2.75) is 77.2 Å². The fourth-order valence-corrected chi connectivity index (χ4v) is 3.65. The van der Waals surface area contributed by atoms with Gasteiger partial charge in [-0.1, -0.05) is 25.7 Å². The zero-order valence-corrected chi connectivity index (χ0v) is 15.9. The van der Waals surface area contributed by atoms with E-state index in [9.17, 15) is 14.4 Å². The van der Waals surface area contributed by atoms with Crippen molar-refractivity contribution in [1.29, 1.82) is 0 Å². The standard InChI is InChI=1S/C18H28N6O3/c1-11-10-15(25)22-18(19-11)24-14(9-12(2)23-24)21-17(27)16(26)20-13-7-5-3-4-6-8-13/h9,11,13,18-19H,3-8,10H2,1-2H3,(H,20,26)(H,21,27)(H,22,25). The van der Waals surface area contributed by atoms with E-state index in [1.165, 1.54) is 17.5 Å². The highest BCUT2D eigenvalue weighted by molar-refractivity contribution is 6.39. The Morgan fingerprint density at radius 2 is 1.89 bits per heavy atom. The molecule has 9 heteroatoms. The highest BCUT2D eigenvalue weighted by Crippen LogP contribution is 2.18. The second kappa shape index (κ2) is 8.51. The second-order valence-electron chi connectivity index (χ2n) is 7.47. The third-order valence-electron chi connectivity index (χ3n) is 4.97. The van der Waals surface area contributed by atoms with Gasteiger partial charge in [0.25, 0.3) is 0 Å². The van der Waals surface area contributed by atoms with Crippen LogP contribution in [0, 0.1) is 6.92 Å². The Balaban J connectivity index is 1.65. The summed E-state index contributed by atoms with van der Waals surface area (Å²) in [5.41, 5.74) is 0.670. The minimum Gasteiger partial charge on any atom is -0.345 e. The van der Waals surface area contributed by atoms with Crippen molar-refractivity contribution < 1.29 is 14.4 Å². The van der Waals surface area contributed by atoms with Crippen molar-refractivity contribution in [3.8, 4) is 0 Å². The van der Waals surface area contributed by atoms with Crippen LogP contribution in [0.2, 0.25) is 0 Å². The molecule has 0 bridgehead atoms. The van der Waals surface area contributed by atoms with E-state index in [1.807, 2.05) is 6.92 Å². The summed E-state index contributed by atoms with van der Waals surface area (Å²) >= 11 is 0. The quantitative estimate of drug-likeness (QED) is 0.462. The Bertz CT molecular complexity index is 708. The topological polar surface area (TPSA) is 117 Å². The number of carbonyl (C=O) groups is 3. The van der Waals surface area contributed by atoms with Crippen LogP contribution in [0.25, 0.3) is 0 Å². The Morgan fingerprint density at radius 1 is 1.19 bits per heavy atom. The molecule has 2 aliphatic rings. The normalized spacial score (nSPS) is 24.0. The molecule has 4 N–H and O–H groups in total. The molecule has 27 heavy (non-hydrogen) atoms. The maximum Gasteiger partial charge on any atom is 0.314 e. The molecular weight excluding hydrogens is 348 g/mol. The van der Waals surface area contributed by atoms with Gasteiger partial charge in [-0.3, -0.25) is 19.7 Å². The highest BCUT2D eigenvalue weighted by Gasteiger charge is 2.28. The molecule has 9 nitrogen and oxygen atoms in total. The first-order chi connectivity index (χ1) is 12.9. The van der Waals surface area contributed by atoms with Crippen LogP contribution in [0.4, 0.5) is 5.82 Å². The molecule has 2 atom stereocenters. The van der Waals surface area contributed by atoms with Gasteiger partial charge in [0.15, 0.2) is 6.29 Å². The lowest BCUT2D eigenvalue weighted by molar-refractivity contribution is -0.136. The lowest BCUT2D eigenvalue weighted by atomic mass is 10.1. The van der Waals surface area contributed by atoms with E-state index < -0.39 is 18.1 Å². The van der Waals surface area contributed by atoms with E-state index in [1.54, 1.807) is 13.0 Å². The summed E-state index contributed by atoms with van der Waals surface area (Å²) in [5, 5.41) is 15.8. The average Bonchev–Trinajstić information content (AvgIpc) is 2.79. The molecule has 0 radical (unpaired) electrons. The predicted octanol–water partition coefficient (Wildman–Crippen LogP) is 0.923. The maximum atomic E-state index is 12.4. The van der Waals surface area contributed by atoms with E-state index >= 15 is 0 Å². The molecule has 3 amide bonds. The Hall–Kier alpha value is -2.42. The summed E-state index contributed by atoms with van der Waals surface area (Å²) in [6, 6.07) is 1.71. The van der Waals surface area contributed by atoms with Gasteiger partial charge in [-0.05, 0) is 26.7 Å². The van der Waals surface area contributed by atoms with E-state index in [0.29, 0.717) is 17.9 Å². The third kappa shape index (κ3) is 5.06. The summed E-state index contributed by atoms with van der Waals surface area (Å²) in [4.78, 5) is 36.5. The monoisotopic (exact) mass is 376 g/mol. The summed E-state index contributed by atoms with van der Waals surface area (Å²) in [5.74, 6) is -1.10. The molecule has 1 aromatic rings. The van der Waals surface area contributed by atoms with Gasteiger partial charge in [-0.15, -0.1) is 0 Å². The number of anilines is 1.